The molecule has 1 N–H and O–H groups in total. The summed E-state index contributed by atoms with van der Waals surface area (Å²) in [7, 11) is -5.13. The molecule has 54 heavy (non-hydrogen) atoms. The maximum atomic E-state index is 13.6. The van der Waals surface area contributed by atoms with Crippen molar-refractivity contribution in [2.24, 2.45) is 17.8 Å². The number of nitrogens with one attached hydrogen (secondary N) is 1. The Hall–Kier alpha value is -2.68. The van der Waals surface area contributed by atoms with Crippen LogP contribution in [0.25, 0.3) is 0 Å². The third kappa shape index (κ3) is 8.51. The van der Waals surface area contributed by atoms with E-state index in [4.69, 9.17) is 21.1 Å². The van der Waals surface area contributed by atoms with E-state index in [2.05, 4.69) is 31.6 Å². The van der Waals surface area contributed by atoms with E-state index < -0.39 is 36.6 Å². The average Bonchev–Trinajstić information content (AvgIpc) is 3.13. The van der Waals surface area contributed by atoms with Gasteiger partial charge >= 0.3 is 0 Å². The molecule has 4 aliphatic heterocycles. The first-order chi connectivity index (χ1) is 25.8. The SMILES string of the molecule is CO[C@@]1(CN2CC(N3CCS(=O)(=O)CC3)C2)/C=C/C[C@H](C)[C@@H](C)S(=O)(=O)NC(=O)c2ccc3c(c2)N(CCCCc2cc(Cl)ccc2CO3)C[C@@H]2CC[C@H]21. The molecule has 0 unspecified atom stereocenters. The third-order valence-corrected chi connectivity index (χ3v) is 16.6. The monoisotopic (exact) mass is 802 g/mol. The van der Waals surface area contributed by atoms with Crippen LogP contribution < -0.4 is 14.4 Å². The summed E-state index contributed by atoms with van der Waals surface area (Å²) in [5.41, 5.74) is 2.70. The van der Waals surface area contributed by atoms with E-state index in [0.717, 1.165) is 69.5 Å². The molecule has 14 heteroatoms. The Kier molecular flexibility index (Phi) is 11.8. The minimum atomic E-state index is -3.99. The lowest BCUT2D eigenvalue weighted by atomic mass is 9.63. The number of sulfonamides is 1. The van der Waals surface area contributed by atoms with Gasteiger partial charge in [-0.05, 0) is 105 Å². The van der Waals surface area contributed by atoms with Crippen LogP contribution in [0.2, 0.25) is 5.02 Å². The second-order valence-corrected chi connectivity index (χ2v) is 21.0. The van der Waals surface area contributed by atoms with E-state index >= 15 is 0 Å². The maximum absolute atomic E-state index is 13.6. The van der Waals surface area contributed by atoms with Crippen LogP contribution in [0.15, 0.2) is 48.6 Å². The third-order valence-electron chi connectivity index (χ3n) is 12.9. The summed E-state index contributed by atoms with van der Waals surface area (Å²) in [6, 6.07) is 11.5. The number of nitrogens with zero attached hydrogens (tertiary/aromatic N) is 3. The van der Waals surface area contributed by atoms with Crippen molar-refractivity contribution in [3.8, 4) is 5.75 Å². The smallest absolute Gasteiger partial charge is 0.264 e. The first-order valence-electron chi connectivity index (χ1n) is 19.5. The van der Waals surface area contributed by atoms with Crippen molar-refractivity contribution in [3.63, 3.8) is 0 Å². The van der Waals surface area contributed by atoms with Gasteiger partial charge < -0.3 is 14.4 Å². The summed E-state index contributed by atoms with van der Waals surface area (Å²) in [4.78, 5) is 20.7. The predicted octanol–water partition coefficient (Wildman–Crippen LogP) is 4.93. The molecule has 4 heterocycles. The zero-order valence-electron chi connectivity index (χ0n) is 31.7. The Labute approximate surface area is 326 Å². The van der Waals surface area contributed by atoms with Crippen LogP contribution in [0, 0.1) is 17.8 Å². The van der Waals surface area contributed by atoms with Crippen LogP contribution in [0.3, 0.4) is 0 Å². The van der Waals surface area contributed by atoms with Crippen molar-refractivity contribution < 1.29 is 31.1 Å². The molecule has 0 aromatic heterocycles. The number of halogens is 1. The van der Waals surface area contributed by atoms with E-state index in [1.807, 2.05) is 25.1 Å². The van der Waals surface area contributed by atoms with E-state index in [-0.39, 0.29) is 28.9 Å². The minimum absolute atomic E-state index is 0.211. The zero-order chi connectivity index (χ0) is 38.3. The fourth-order valence-electron chi connectivity index (χ4n) is 8.98. The van der Waals surface area contributed by atoms with Gasteiger partial charge in [-0.25, -0.2) is 21.6 Å². The van der Waals surface area contributed by atoms with Gasteiger partial charge in [0.25, 0.3) is 5.91 Å². The van der Waals surface area contributed by atoms with Gasteiger partial charge in [-0.15, -0.1) is 0 Å². The van der Waals surface area contributed by atoms with Crippen molar-refractivity contribution in [2.45, 2.75) is 75.9 Å². The van der Waals surface area contributed by atoms with Crippen LogP contribution in [-0.4, -0.2) is 114 Å². The van der Waals surface area contributed by atoms with Crippen LogP contribution in [0.5, 0.6) is 5.75 Å². The molecular weight excluding hydrogens is 748 g/mol. The number of benzene rings is 2. The van der Waals surface area contributed by atoms with Crippen LogP contribution in [-0.2, 0) is 37.6 Å². The molecule has 3 fully saturated rings. The number of ether oxygens (including phenoxy) is 2. The molecule has 1 saturated carbocycles. The van der Waals surface area contributed by atoms with Crippen molar-refractivity contribution >= 4 is 43.1 Å². The Morgan fingerprint density at radius 2 is 1.74 bits per heavy atom. The molecule has 0 spiro atoms. The highest BCUT2D eigenvalue weighted by atomic mass is 35.5. The molecular formula is C40H55ClN4O7S2. The van der Waals surface area contributed by atoms with Crippen LogP contribution in [0.4, 0.5) is 5.69 Å². The second-order valence-electron chi connectivity index (χ2n) is 16.2. The molecule has 11 nitrogen and oxygen atoms in total. The number of rotatable bonds is 4. The van der Waals surface area contributed by atoms with Crippen molar-refractivity contribution in [2.75, 3.05) is 69.3 Å². The summed E-state index contributed by atoms with van der Waals surface area (Å²) in [5.74, 6) is 0.698. The number of hydrogen-bond acceptors (Lipinski definition) is 10. The number of likely N-dealkylation sites (tertiary alicyclic amines) is 1. The van der Waals surface area contributed by atoms with Gasteiger partial charge in [-0.3, -0.25) is 14.6 Å². The lowest BCUT2D eigenvalue weighted by Gasteiger charge is -2.54. The molecule has 296 valence electrons. The highest BCUT2D eigenvalue weighted by Crippen LogP contribution is 2.47. The number of amides is 1. The number of sulfone groups is 1. The minimum Gasteiger partial charge on any atom is -0.487 e. The summed E-state index contributed by atoms with van der Waals surface area (Å²) in [6.07, 6.45) is 9.56. The molecule has 7 rings (SSSR count). The molecule has 5 aliphatic rings. The van der Waals surface area contributed by atoms with Gasteiger partial charge in [0.05, 0.1) is 22.4 Å². The molecule has 2 aromatic rings. The molecule has 2 saturated heterocycles. The van der Waals surface area contributed by atoms with Gasteiger partial charge in [0.2, 0.25) is 10.0 Å². The van der Waals surface area contributed by atoms with Crippen molar-refractivity contribution in [3.05, 3.63) is 70.3 Å². The van der Waals surface area contributed by atoms with Gasteiger partial charge in [0, 0.05) is 69.6 Å². The number of methoxy groups -OCH3 is 1. The first kappa shape index (κ1) is 39.6. The molecule has 2 aromatic carbocycles. The number of anilines is 1. The average molecular weight is 803 g/mol. The van der Waals surface area contributed by atoms with Gasteiger partial charge in [0.1, 0.15) is 18.0 Å². The highest BCUT2D eigenvalue weighted by molar-refractivity contribution is 7.91. The fraction of sp³-hybridized carbons (Fsp3) is 0.625. The second kappa shape index (κ2) is 16.1. The fourth-order valence-corrected chi connectivity index (χ4v) is 11.7. The molecule has 5 atom stereocenters. The van der Waals surface area contributed by atoms with E-state index in [1.165, 1.54) is 5.56 Å². The van der Waals surface area contributed by atoms with Gasteiger partial charge in [-0.1, -0.05) is 36.7 Å². The first-order valence-corrected chi connectivity index (χ1v) is 23.2. The van der Waals surface area contributed by atoms with Crippen molar-refractivity contribution in [1.29, 1.82) is 0 Å². The topological polar surface area (TPSA) is 126 Å². The van der Waals surface area contributed by atoms with E-state index in [1.54, 1.807) is 32.2 Å². The molecule has 1 amide bonds. The maximum Gasteiger partial charge on any atom is 0.264 e. The normalized spacial score (nSPS) is 31.6. The predicted molar refractivity (Wildman–Crippen MR) is 213 cm³/mol. The Bertz CT molecular complexity index is 1940. The number of carbonyl (C=O) groups is 1. The quantitative estimate of drug-likeness (QED) is 0.426. The Morgan fingerprint density at radius 3 is 2.46 bits per heavy atom. The highest BCUT2D eigenvalue weighted by Gasteiger charge is 2.50. The van der Waals surface area contributed by atoms with Crippen LogP contribution >= 0.6 is 11.6 Å². The number of fused-ring (bicyclic) bond motifs is 3. The summed E-state index contributed by atoms with van der Waals surface area (Å²) >= 11 is 6.40. The van der Waals surface area contributed by atoms with E-state index in [0.29, 0.717) is 55.4 Å². The summed E-state index contributed by atoms with van der Waals surface area (Å²) < 4.78 is 66.8. The largest absolute Gasteiger partial charge is 0.487 e. The number of hydrogen-bond donors (Lipinski definition) is 1. The Morgan fingerprint density at radius 1 is 0.963 bits per heavy atom. The zero-order valence-corrected chi connectivity index (χ0v) is 34.1. The van der Waals surface area contributed by atoms with Crippen LogP contribution in [0.1, 0.15) is 67.4 Å². The molecule has 2 bridgehead atoms. The molecule has 1 aliphatic carbocycles. The lowest BCUT2D eigenvalue weighted by molar-refractivity contribution is -0.108. The van der Waals surface area contributed by atoms with Gasteiger partial charge in [-0.2, -0.15) is 0 Å². The van der Waals surface area contributed by atoms with Crippen molar-refractivity contribution in [1.82, 2.24) is 14.5 Å². The lowest BCUT2D eigenvalue weighted by Crippen LogP contribution is -2.66. The molecule has 0 radical (unpaired) electrons. The summed E-state index contributed by atoms with van der Waals surface area (Å²) in [6.45, 7) is 8.97. The summed E-state index contributed by atoms with van der Waals surface area (Å²) in [5, 5.41) is -0.114. The van der Waals surface area contributed by atoms with E-state index in [9.17, 15) is 21.6 Å². The number of allylic oxidation sites excluding steroid dienone is 1. The number of carbonyl (C=O) groups excluding carboxylic acids is 1. The number of aryl methyl sites for hydroxylation is 1. The Balaban J connectivity index is 1.20. The van der Waals surface area contributed by atoms with Gasteiger partial charge in [0.15, 0.2) is 9.84 Å². The standard InChI is InChI=1S/C40H55ClN4O7S2/c1-28-7-6-15-40(51-3,27-43-24-35(25-43)44-17-19-53(47,48)20-18-44)36-13-10-32(36)23-45-16-5-4-8-30-21-34(41)12-9-33(30)26-52-38-14-11-31(22-37(38)45)39(46)42-54(49,50)29(28)2/h6,9,11-12,14-15,21-22,28-29,32,35-36H,4-5,7-8,10,13,16-20,23-27H2,1-3H3,(H,42,46)/b15-6+/t28-,29+,32-,36+,40+/m0/s1.